The van der Waals surface area contributed by atoms with E-state index >= 15 is 0 Å². The normalized spacial score (nSPS) is 16.4. The van der Waals surface area contributed by atoms with Crippen molar-refractivity contribution in [1.82, 2.24) is 10.3 Å². The molecule has 5 rings (SSSR count). The third-order valence-electron chi connectivity index (χ3n) is 5.62. The Kier molecular flexibility index (Phi) is 7.22. The number of benzene rings is 3. The first-order valence-electron chi connectivity index (χ1n) is 11.2. The Morgan fingerprint density at radius 3 is 2.69 bits per heavy atom. The zero-order valence-electron chi connectivity index (χ0n) is 19.5. The zero-order chi connectivity index (χ0) is 25.2. The summed E-state index contributed by atoms with van der Waals surface area (Å²) in [6, 6.07) is 19.1. The van der Waals surface area contributed by atoms with Crippen LogP contribution in [0.3, 0.4) is 0 Å². The molecule has 0 radical (unpaired) electrons. The molecule has 0 spiro atoms. The fraction of sp³-hybridized carbons (Fsp3) is 0.192. The molecule has 3 aromatic rings. The average molecular weight is 586 g/mol. The molecule has 0 bridgehead atoms. The SMILES string of the molecule is CCOc1cc([C@@H]2N=c3ccc(Br)cc3=C3C(=O)NC(SC)=NN32)cc(Cl)c1OCc1ccccc1. The molecular formula is C26H22BrClN4O3S. The van der Waals surface area contributed by atoms with E-state index in [1.165, 1.54) is 11.8 Å². The number of amidine groups is 1. The van der Waals surface area contributed by atoms with Crippen molar-refractivity contribution < 1.29 is 14.3 Å². The van der Waals surface area contributed by atoms with Crippen molar-refractivity contribution in [2.24, 2.45) is 10.1 Å². The minimum atomic E-state index is -0.623. The Hall–Kier alpha value is -3.01. The molecule has 1 atom stereocenters. The number of nitrogens with zero attached hydrogens (tertiary/aromatic N) is 3. The molecule has 0 fully saturated rings. The number of hydrogen-bond acceptors (Lipinski definition) is 7. The minimum Gasteiger partial charge on any atom is -0.490 e. The number of carbonyl (C=O) groups is 1. The van der Waals surface area contributed by atoms with Crippen LogP contribution in [0.5, 0.6) is 11.5 Å². The van der Waals surface area contributed by atoms with Crippen LogP contribution in [0.1, 0.15) is 24.2 Å². The fourth-order valence-electron chi connectivity index (χ4n) is 4.03. The third-order valence-corrected chi connectivity index (χ3v) is 6.96. The van der Waals surface area contributed by atoms with Crippen molar-refractivity contribution in [2.75, 3.05) is 12.9 Å². The number of ether oxygens (including phenoxy) is 2. The number of amides is 1. The highest BCUT2D eigenvalue weighted by Gasteiger charge is 2.35. The summed E-state index contributed by atoms with van der Waals surface area (Å²) in [5.74, 6) is 0.720. The number of nitrogens with one attached hydrogen (secondary N) is 1. The van der Waals surface area contributed by atoms with E-state index in [4.69, 9.17) is 26.1 Å². The van der Waals surface area contributed by atoms with Gasteiger partial charge in [-0.15, -0.1) is 5.10 Å². The fourth-order valence-corrected chi connectivity index (χ4v) is 5.03. The second-order valence-corrected chi connectivity index (χ2v) is 10.1. The van der Waals surface area contributed by atoms with Crippen LogP contribution in [0.15, 0.2) is 75.2 Å². The Morgan fingerprint density at radius 1 is 1.14 bits per heavy atom. The Balaban J connectivity index is 1.61. The average Bonchev–Trinajstić information content (AvgIpc) is 2.88. The molecule has 3 aromatic carbocycles. The van der Waals surface area contributed by atoms with E-state index in [0.29, 0.717) is 51.2 Å². The van der Waals surface area contributed by atoms with Crippen LogP contribution in [0.4, 0.5) is 0 Å². The lowest BCUT2D eigenvalue weighted by Gasteiger charge is -2.34. The quantitative estimate of drug-likeness (QED) is 0.458. The second kappa shape index (κ2) is 10.5. The van der Waals surface area contributed by atoms with Gasteiger partial charge in [0.15, 0.2) is 22.8 Å². The van der Waals surface area contributed by atoms with Crippen molar-refractivity contribution in [3.8, 4) is 11.5 Å². The van der Waals surface area contributed by atoms with Crippen LogP contribution < -0.4 is 25.4 Å². The maximum absolute atomic E-state index is 13.1. The van der Waals surface area contributed by atoms with E-state index in [0.717, 1.165) is 15.6 Å². The largest absolute Gasteiger partial charge is 0.490 e. The lowest BCUT2D eigenvalue weighted by atomic mass is 10.1. The lowest BCUT2D eigenvalue weighted by Crippen LogP contribution is -2.50. The molecule has 2 heterocycles. The van der Waals surface area contributed by atoms with Crippen LogP contribution in [-0.4, -0.2) is 28.9 Å². The summed E-state index contributed by atoms with van der Waals surface area (Å²) in [7, 11) is 0. The van der Waals surface area contributed by atoms with E-state index < -0.39 is 6.17 Å². The standard InChI is InChI=1S/C26H22BrClN4O3S/c1-3-34-21-12-16(11-19(28)23(21)35-14-15-7-5-4-6-8-15)24-29-20-10-9-17(27)13-18(20)22-25(33)30-26(36-2)31-32(22)24/h4-13,24H,3,14H2,1-2H3,(H,30,31,33)/t24-/m1/s1. The van der Waals surface area contributed by atoms with E-state index in [-0.39, 0.29) is 5.91 Å². The van der Waals surface area contributed by atoms with E-state index in [1.807, 2.05) is 67.8 Å². The molecule has 36 heavy (non-hydrogen) atoms. The molecule has 0 saturated heterocycles. The van der Waals surface area contributed by atoms with Gasteiger partial charge in [0.05, 0.1) is 17.0 Å². The number of hydrogen-bond donors (Lipinski definition) is 1. The van der Waals surface area contributed by atoms with Crippen molar-refractivity contribution in [2.45, 2.75) is 19.7 Å². The number of rotatable bonds is 6. The lowest BCUT2D eigenvalue weighted by molar-refractivity contribution is -0.116. The van der Waals surface area contributed by atoms with Gasteiger partial charge in [0, 0.05) is 15.3 Å². The first-order chi connectivity index (χ1) is 17.5. The molecule has 1 amide bonds. The van der Waals surface area contributed by atoms with Gasteiger partial charge in [-0.25, -0.2) is 5.01 Å². The van der Waals surface area contributed by atoms with Gasteiger partial charge in [-0.3, -0.25) is 15.1 Å². The van der Waals surface area contributed by atoms with Gasteiger partial charge in [-0.2, -0.15) is 0 Å². The predicted molar refractivity (Wildman–Crippen MR) is 145 cm³/mol. The highest BCUT2D eigenvalue weighted by Crippen LogP contribution is 2.41. The summed E-state index contributed by atoms with van der Waals surface area (Å²) in [5.41, 5.74) is 2.16. The number of halogens is 2. The van der Waals surface area contributed by atoms with Crippen molar-refractivity contribution >= 4 is 56.1 Å². The first-order valence-corrected chi connectivity index (χ1v) is 13.6. The second-order valence-electron chi connectivity index (χ2n) is 7.96. The highest BCUT2D eigenvalue weighted by atomic mass is 79.9. The number of thioether (sulfide) groups is 1. The van der Waals surface area contributed by atoms with Gasteiger partial charge in [-0.1, -0.05) is 69.6 Å². The first kappa shape index (κ1) is 24.7. The van der Waals surface area contributed by atoms with Crippen molar-refractivity contribution in [1.29, 1.82) is 0 Å². The van der Waals surface area contributed by atoms with Crippen LogP contribution in [-0.2, 0) is 11.4 Å². The van der Waals surface area contributed by atoms with E-state index in [2.05, 4.69) is 26.3 Å². The van der Waals surface area contributed by atoms with Crippen LogP contribution >= 0.6 is 39.3 Å². The predicted octanol–water partition coefficient (Wildman–Crippen LogP) is 4.59. The van der Waals surface area contributed by atoms with E-state index in [1.54, 1.807) is 11.1 Å². The molecule has 0 unspecified atom stereocenters. The summed E-state index contributed by atoms with van der Waals surface area (Å²) in [6.07, 6.45) is 1.23. The molecule has 0 saturated carbocycles. The molecule has 184 valence electrons. The molecule has 10 heteroatoms. The summed E-state index contributed by atoms with van der Waals surface area (Å²) < 4.78 is 12.8. The third kappa shape index (κ3) is 4.83. The number of carbonyl (C=O) groups excluding carboxylic acids is 1. The van der Waals surface area contributed by atoms with Crippen LogP contribution in [0.25, 0.3) is 5.70 Å². The van der Waals surface area contributed by atoms with Crippen LogP contribution in [0.2, 0.25) is 5.02 Å². The molecule has 2 aliphatic heterocycles. The van der Waals surface area contributed by atoms with Gasteiger partial charge in [0.25, 0.3) is 5.91 Å². The zero-order valence-corrected chi connectivity index (χ0v) is 22.7. The van der Waals surface area contributed by atoms with Crippen LogP contribution in [0, 0.1) is 0 Å². The van der Waals surface area contributed by atoms with Gasteiger partial charge in [-0.05, 0) is 49.1 Å². The highest BCUT2D eigenvalue weighted by molar-refractivity contribution is 9.10. The molecule has 0 aliphatic carbocycles. The topological polar surface area (TPSA) is 75.5 Å². The molecule has 0 aromatic heterocycles. The van der Waals surface area contributed by atoms with Gasteiger partial charge >= 0.3 is 0 Å². The van der Waals surface area contributed by atoms with Crippen molar-refractivity contribution in [3.63, 3.8) is 0 Å². The summed E-state index contributed by atoms with van der Waals surface area (Å²) in [5, 5.41) is 11.4. The summed E-state index contributed by atoms with van der Waals surface area (Å²) in [4.78, 5) is 18.1. The number of hydrazone groups is 1. The maximum Gasteiger partial charge on any atom is 0.276 e. The molecule has 1 N–H and O–H groups in total. The summed E-state index contributed by atoms with van der Waals surface area (Å²) >= 11 is 11.6. The maximum atomic E-state index is 13.1. The smallest absolute Gasteiger partial charge is 0.276 e. The molecule has 2 aliphatic rings. The Morgan fingerprint density at radius 2 is 1.94 bits per heavy atom. The monoisotopic (exact) mass is 584 g/mol. The summed E-state index contributed by atoms with van der Waals surface area (Å²) in [6.45, 7) is 2.68. The van der Waals surface area contributed by atoms with Crippen molar-refractivity contribution in [3.05, 3.63) is 91.9 Å². The minimum absolute atomic E-state index is 0.243. The van der Waals surface area contributed by atoms with Gasteiger partial charge in [0.2, 0.25) is 0 Å². The van der Waals surface area contributed by atoms with E-state index in [9.17, 15) is 4.79 Å². The number of fused-ring (bicyclic) bond motifs is 2. The van der Waals surface area contributed by atoms with Gasteiger partial charge in [0.1, 0.15) is 12.3 Å². The molecular weight excluding hydrogens is 564 g/mol. The molecule has 7 nitrogen and oxygen atoms in total. The Labute approximate surface area is 226 Å². The van der Waals surface area contributed by atoms with Gasteiger partial charge < -0.3 is 9.47 Å². The Bertz CT molecular complexity index is 1480.